The second kappa shape index (κ2) is 7.92. The Morgan fingerprint density at radius 3 is 2.37 bits per heavy atom. The molecule has 0 saturated heterocycles. The molecule has 0 aliphatic heterocycles. The van der Waals surface area contributed by atoms with Gasteiger partial charge < -0.3 is 0 Å². The van der Waals surface area contributed by atoms with Gasteiger partial charge in [0, 0.05) is 12.3 Å². The second-order valence-electron chi connectivity index (χ2n) is 6.51. The highest BCUT2D eigenvalue weighted by Crippen LogP contribution is 2.21. The van der Waals surface area contributed by atoms with E-state index in [1.165, 1.54) is 12.1 Å². The number of benzene rings is 2. The number of aromatic nitrogens is 2. The van der Waals surface area contributed by atoms with Gasteiger partial charge in [0.2, 0.25) is 0 Å². The number of halogens is 1. The van der Waals surface area contributed by atoms with Crippen LogP contribution in [0.2, 0.25) is 0 Å². The maximum Gasteiger partial charge on any atom is 0.263 e. The Morgan fingerprint density at radius 2 is 1.74 bits per heavy atom. The summed E-state index contributed by atoms with van der Waals surface area (Å²) in [6.45, 7) is 4.63. The highest BCUT2D eigenvalue weighted by molar-refractivity contribution is 7.92. The molecule has 3 rings (SSSR count). The van der Waals surface area contributed by atoms with Crippen LogP contribution in [0.1, 0.15) is 37.3 Å². The van der Waals surface area contributed by atoms with E-state index in [0.29, 0.717) is 12.5 Å². The maximum atomic E-state index is 13.0. The molecule has 1 aromatic heterocycles. The molecule has 27 heavy (non-hydrogen) atoms. The van der Waals surface area contributed by atoms with Crippen LogP contribution in [0.4, 0.5) is 10.2 Å². The highest BCUT2D eigenvalue weighted by atomic mass is 32.2. The van der Waals surface area contributed by atoms with Gasteiger partial charge in [-0.2, -0.15) is 5.10 Å². The predicted molar refractivity (Wildman–Crippen MR) is 104 cm³/mol. The molecule has 0 fully saturated rings. The molecule has 3 aromatic rings. The lowest BCUT2D eigenvalue weighted by Crippen LogP contribution is -2.14. The molecule has 0 radical (unpaired) electrons. The Morgan fingerprint density at radius 1 is 1.07 bits per heavy atom. The van der Waals surface area contributed by atoms with Crippen LogP contribution < -0.4 is 4.72 Å². The minimum atomic E-state index is -3.70. The molecule has 2 aromatic carbocycles. The van der Waals surface area contributed by atoms with Crippen molar-refractivity contribution in [2.45, 2.75) is 37.6 Å². The molecule has 7 heteroatoms. The van der Waals surface area contributed by atoms with Crippen LogP contribution in [0.25, 0.3) is 0 Å². The van der Waals surface area contributed by atoms with E-state index < -0.39 is 10.0 Å². The SMILES string of the molecule is CCC(C)c1ccc(S(=O)(=O)Nc2ccn(Cc3ccc(F)cc3)n2)cc1. The molecule has 1 atom stereocenters. The Labute approximate surface area is 158 Å². The van der Waals surface area contributed by atoms with E-state index in [-0.39, 0.29) is 16.5 Å². The number of nitrogens with one attached hydrogen (secondary N) is 1. The topological polar surface area (TPSA) is 64.0 Å². The van der Waals surface area contributed by atoms with Gasteiger partial charge in [0.05, 0.1) is 11.4 Å². The van der Waals surface area contributed by atoms with E-state index in [1.54, 1.807) is 41.2 Å². The van der Waals surface area contributed by atoms with Gasteiger partial charge in [0.1, 0.15) is 5.82 Å². The zero-order chi connectivity index (χ0) is 19.4. The molecular weight excluding hydrogens is 365 g/mol. The van der Waals surface area contributed by atoms with E-state index in [4.69, 9.17) is 0 Å². The summed E-state index contributed by atoms with van der Waals surface area (Å²) in [5, 5.41) is 4.23. The molecule has 142 valence electrons. The minimum absolute atomic E-state index is 0.197. The number of nitrogens with zero attached hydrogens (tertiary/aromatic N) is 2. The lowest BCUT2D eigenvalue weighted by Gasteiger charge is -2.10. The second-order valence-corrected chi connectivity index (χ2v) is 8.19. The first-order valence-corrected chi connectivity index (χ1v) is 10.3. The van der Waals surface area contributed by atoms with E-state index in [0.717, 1.165) is 17.5 Å². The number of anilines is 1. The summed E-state index contributed by atoms with van der Waals surface area (Å²) in [4.78, 5) is 0.197. The molecule has 5 nitrogen and oxygen atoms in total. The van der Waals surface area contributed by atoms with Crippen LogP contribution in [0, 0.1) is 5.82 Å². The Bertz CT molecular complexity index is 996. The minimum Gasteiger partial charge on any atom is -0.266 e. The van der Waals surface area contributed by atoms with Crippen LogP contribution in [0.15, 0.2) is 65.7 Å². The smallest absolute Gasteiger partial charge is 0.263 e. The van der Waals surface area contributed by atoms with E-state index >= 15 is 0 Å². The number of hydrogen-bond donors (Lipinski definition) is 1. The third-order valence-electron chi connectivity index (χ3n) is 4.51. The first-order valence-electron chi connectivity index (χ1n) is 8.78. The zero-order valence-electron chi connectivity index (χ0n) is 15.3. The third-order valence-corrected chi connectivity index (χ3v) is 5.88. The molecule has 0 aliphatic rings. The van der Waals surface area contributed by atoms with Crippen molar-refractivity contribution in [3.8, 4) is 0 Å². The van der Waals surface area contributed by atoms with Crippen molar-refractivity contribution in [3.05, 3.63) is 77.7 Å². The van der Waals surface area contributed by atoms with Gasteiger partial charge in [-0.3, -0.25) is 9.40 Å². The summed E-state index contributed by atoms with van der Waals surface area (Å²) in [5.74, 6) is 0.326. The quantitative estimate of drug-likeness (QED) is 0.654. The Balaban J connectivity index is 1.70. The van der Waals surface area contributed by atoms with Crippen LogP contribution in [-0.4, -0.2) is 18.2 Å². The fraction of sp³-hybridized carbons (Fsp3) is 0.250. The van der Waals surface area contributed by atoms with Crippen molar-refractivity contribution < 1.29 is 12.8 Å². The summed E-state index contributed by atoms with van der Waals surface area (Å²) < 4.78 is 42.2. The van der Waals surface area contributed by atoms with E-state index in [1.807, 2.05) is 12.1 Å². The average molecular weight is 387 g/mol. The largest absolute Gasteiger partial charge is 0.266 e. The zero-order valence-corrected chi connectivity index (χ0v) is 16.1. The van der Waals surface area contributed by atoms with Gasteiger partial charge >= 0.3 is 0 Å². The van der Waals surface area contributed by atoms with Crippen molar-refractivity contribution in [2.75, 3.05) is 4.72 Å². The van der Waals surface area contributed by atoms with Gasteiger partial charge in [-0.15, -0.1) is 0 Å². The van der Waals surface area contributed by atoms with Crippen molar-refractivity contribution >= 4 is 15.8 Å². The number of hydrogen-bond acceptors (Lipinski definition) is 3. The molecule has 1 N–H and O–H groups in total. The number of sulfonamides is 1. The Kier molecular flexibility index (Phi) is 5.60. The Hall–Kier alpha value is -2.67. The average Bonchev–Trinajstić information content (AvgIpc) is 3.09. The highest BCUT2D eigenvalue weighted by Gasteiger charge is 2.16. The van der Waals surface area contributed by atoms with Crippen LogP contribution in [0.5, 0.6) is 0 Å². The lowest BCUT2D eigenvalue weighted by molar-refractivity contribution is 0.600. The third kappa shape index (κ3) is 4.74. The molecule has 0 bridgehead atoms. The van der Waals surface area contributed by atoms with E-state index in [2.05, 4.69) is 23.7 Å². The lowest BCUT2D eigenvalue weighted by atomic mass is 9.99. The summed E-state index contributed by atoms with van der Waals surface area (Å²) in [6, 6.07) is 14.6. The molecule has 0 aliphatic carbocycles. The van der Waals surface area contributed by atoms with E-state index in [9.17, 15) is 12.8 Å². The molecule has 1 heterocycles. The molecule has 1 unspecified atom stereocenters. The predicted octanol–water partition coefficient (Wildman–Crippen LogP) is 4.38. The first-order chi connectivity index (χ1) is 12.9. The summed E-state index contributed by atoms with van der Waals surface area (Å²) in [7, 11) is -3.70. The standard InChI is InChI=1S/C20H22FN3O2S/c1-3-15(2)17-6-10-19(11-7-17)27(25,26)23-20-12-13-24(22-20)14-16-4-8-18(21)9-5-16/h4-13,15H,3,14H2,1-2H3,(H,22,23). The first kappa shape index (κ1) is 19.1. The van der Waals surface area contributed by atoms with Crippen LogP contribution in [-0.2, 0) is 16.6 Å². The number of rotatable bonds is 7. The fourth-order valence-corrected chi connectivity index (χ4v) is 3.69. The van der Waals surface area contributed by atoms with Gasteiger partial charge in [0.25, 0.3) is 10.0 Å². The van der Waals surface area contributed by atoms with Gasteiger partial charge in [-0.05, 0) is 47.7 Å². The molecule has 0 amide bonds. The molecule has 0 spiro atoms. The van der Waals surface area contributed by atoms with Crippen molar-refractivity contribution in [1.82, 2.24) is 9.78 Å². The maximum absolute atomic E-state index is 13.0. The van der Waals surface area contributed by atoms with Gasteiger partial charge in [-0.25, -0.2) is 12.8 Å². The van der Waals surface area contributed by atoms with Crippen LogP contribution >= 0.6 is 0 Å². The normalized spacial score (nSPS) is 12.7. The summed E-state index contributed by atoms with van der Waals surface area (Å²) >= 11 is 0. The van der Waals surface area contributed by atoms with Gasteiger partial charge in [0.15, 0.2) is 5.82 Å². The van der Waals surface area contributed by atoms with Crippen molar-refractivity contribution in [3.63, 3.8) is 0 Å². The summed E-state index contributed by atoms with van der Waals surface area (Å²) in [6.07, 6.45) is 2.67. The van der Waals surface area contributed by atoms with Crippen molar-refractivity contribution in [2.24, 2.45) is 0 Å². The van der Waals surface area contributed by atoms with Gasteiger partial charge in [-0.1, -0.05) is 38.1 Å². The van der Waals surface area contributed by atoms with Crippen LogP contribution in [0.3, 0.4) is 0 Å². The summed E-state index contributed by atoms with van der Waals surface area (Å²) in [5.41, 5.74) is 1.98. The van der Waals surface area contributed by atoms with Crippen molar-refractivity contribution in [1.29, 1.82) is 0 Å². The monoisotopic (exact) mass is 387 g/mol. The fourth-order valence-electron chi connectivity index (χ4n) is 2.69. The molecule has 0 saturated carbocycles. The molecular formula is C20H22FN3O2S.